The van der Waals surface area contributed by atoms with Crippen molar-refractivity contribution in [1.82, 2.24) is 4.98 Å². The van der Waals surface area contributed by atoms with Crippen LogP contribution >= 0.6 is 11.3 Å². The SMILES string of the molecule is O=C(Nc1nc(-c2ccc(-c3cc4ccccc4o3)cc2)cs1)c1cc2ccccc2oc1=O. The first kappa shape index (κ1) is 20.1. The fraction of sp³-hybridized carbons (Fsp3) is 0. The maximum atomic E-state index is 12.7. The number of fused-ring (bicyclic) bond motifs is 2. The van der Waals surface area contributed by atoms with Crippen LogP contribution in [0.3, 0.4) is 0 Å². The minimum absolute atomic E-state index is 0.0642. The average Bonchev–Trinajstić information content (AvgIpc) is 3.51. The number of aromatic nitrogens is 1. The van der Waals surface area contributed by atoms with Crippen molar-refractivity contribution < 1.29 is 13.6 Å². The van der Waals surface area contributed by atoms with Crippen LogP contribution in [0.2, 0.25) is 0 Å². The van der Waals surface area contributed by atoms with Gasteiger partial charge in [0.1, 0.15) is 22.5 Å². The first-order chi connectivity index (χ1) is 16.6. The number of carbonyl (C=O) groups is 1. The zero-order valence-electron chi connectivity index (χ0n) is 17.6. The van der Waals surface area contributed by atoms with Gasteiger partial charge in [-0.3, -0.25) is 10.1 Å². The number of para-hydroxylation sites is 2. The molecule has 0 radical (unpaired) electrons. The second-order valence-corrected chi connectivity index (χ2v) is 8.56. The average molecular weight is 465 g/mol. The van der Waals surface area contributed by atoms with E-state index in [-0.39, 0.29) is 5.56 Å². The summed E-state index contributed by atoms with van der Waals surface area (Å²) in [6.07, 6.45) is 0. The third kappa shape index (κ3) is 3.68. The van der Waals surface area contributed by atoms with Crippen LogP contribution in [0.5, 0.6) is 0 Å². The molecule has 6 rings (SSSR count). The smallest absolute Gasteiger partial charge is 0.349 e. The number of benzene rings is 3. The molecule has 0 aliphatic carbocycles. The van der Waals surface area contributed by atoms with E-state index >= 15 is 0 Å². The maximum Gasteiger partial charge on any atom is 0.349 e. The van der Waals surface area contributed by atoms with Gasteiger partial charge < -0.3 is 8.83 Å². The molecule has 3 aromatic heterocycles. The topological polar surface area (TPSA) is 85.3 Å². The minimum Gasteiger partial charge on any atom is -0.456 e. The summed E-state index contributed by atoms with van der Waals surface area (Å²) in [6.45, 7) is 0. The summed E-state index contributed by atoms with van der Waals surface area (Å²) in [5, 5.41) is 6.69. The van der Waals surface area contributed by atoms with Crippen molar-refractivity contribution in [3.05, 3.63) is 106 Å². The number of thiazole rings is 1. The molecule has 0 atom stereocenters. The summed E-state index contributed by atoms with van der Waals surface area (Å²) in [4.78, 5) is 29.4. The first-order valence-corrected chi connectivity index (χ1v) is 11.4. The molecular formula is C27H16N2O4S. The van der Waals surface area contributed by atoms with E-state index in [1.165, 1.54) is 17.4 Å². The molecule has 34 heavy (non-hydrogen) atoms. The largest absolute Gasteiger partial charge is 0.456 e. The van der Waals surface area contributed by atoms with Crippen LogP contribution in [0.1, 0.15) is 10.4 Å². The number of rotatable bonds is 4. The van der Waals surface area contributed by atoms with Gasteiger partial charge in [0, 0.05) is 27.3 Å². The lowest BCUT2D eigenvalue weighted by molar-refractivity contribution is 0.102. The molecule has 7 heteroatoms. The lowest BCUT2D eigenvalue weighted by atomic mass is 10.1. The molecule has 0 saturated carbocycles. The van der Waals surface area contributed by atoms with Gasteiger partial charge in [-0.1, -0.05) is 60.7 Å². The van der Waals surface area contributed by atoms with E-state index in [2.05, 4.69) is 10.3 Å². The number of furan rings is 1. The van der Waals surface area contributed by atoms with Crippen LogP contribution in [0.15, 0.2) is 104 Å². The van der Waals surface area contributed by atoms with Crippen molar-refractivity contribution in [2.75, 3.05) is 5.32 Å². The summed E-state index contributed by atoms with van der Waals surface area (Å²) in [5.41, 5.74) is 3.13. The van der Waals surface area contributed by atoms with Gasteiger partial charge in [-0.15, -0.1) is 11.3 Å². The summed E-state index contributed by atoms with van der Waals surface area (Å²) in [7, 11) is 0. The highest BCUT2D eigenvalue weighted by Crippen LogP contribution is 2.31. The number of amides is 1. The molecule has 1 amide bonds. The van der Waals surface area contributed by atoms with E-state index in [9.17, 15) is 9.59 Å². The molecule has 6 nitrogen and oxygen atoms in total. The number of nitrogens with zero attached hydrogens (tertiary/aromatic N) is 1. The Morgan fingerprint density at radius 3 is 2.18 bits per heavy atom. The van der Waals surface area contributed by atoms with Gasteiger partial charge in [0.25, 0.3) is 5.91 Å². The monoisotopic (exact) mass is 464 g/mol. The van der Waals surface area contributed by atoms with E-state index in [0.717, 1.165) is 33.6 Å². The van der Waals surface area contributed by atoms with E-state index in [1.54, 1.807) is 18.2 Å². The van der Waals surface area contributed by atoms with E-state index in [4.69, 9.17) is 8.83 Å². The van der Waals surface area contributed by atoms with Crippen LogP contribution in [0, 0.1) is 0 Å². The Hall–Kier alpha value is -4.49. The van der Waals surface area contributed by atoms with Crippen LogP contribution in [0.4, 0.5) is 5.13 Å². The van der Waals surface area contributed by atoms with Gasteiger partial charge in [0.15, 0.2) is 5.13 Å². The second kappa shape index (κ2) is 8.13. The number of nitrogens with one attached hydrogen (secondary N) is 1. The van der Waals surface area contributed by atoms with Gasteiger partial charge in [-0.05, 0) is 24.3 Å². The Balaban J connectivity index is 1.22. The highest BCUT2D eigenvalue weighted by molar-refractivity contribution is 7.14. The molecule has 0 saturated heterocycles. The van der Waals surface area contributed by atoms with Crippen molar-refractivity contribution >= 4 is 44.3 Å². The lowest BCUT2D eigenvalue weighted by Crippen LogP contribution is -2.20. The van der Waals surface area contributed by atoms with Gasteiger partial charge in [0.2, 0.25) is 0 Å². The number of hydrogen-bond acceptors (Lipinski definition) is 6. The fourth-order valence-corrected chi connectivity index (χ4v) is 4.49. The zero-order valence-corrected chi connectivity index (χ0v) is 18.5. The lowest BCUT2D eigenvalue weighted by Gasteiger charge is -2.02. The van der Waals surface area contributed by atoms with Crippen LogP contribution in [-0.4, -0.2) is 10.9 Å². The molecule has 6 aromatic rings. The molecule has 0 aliphatic rings. The number of hydrogen-bond donors (Lipinski definition) is 1. The Bertz CT molecular complexity index is 1690. The van der Waals surface area contributed by atoms with Crippen molar-refractivity contribution in [2.24, 2.45) is 0 Å². The predicted octanol–water partition coefficient (Wildman–Crippen LogP) is 6.58. The van der Waals surface area contributed by atoms with Crippen molar-refractivity contribution in [3.8, 4) is 22.6 Å². The van der Waals surface area contributed by atoms with Crippen LogP contribution in [0.25, 0.3) is 44.5 Å². The quantitative estimate of drug-likeness (QED) is 0.298. The molecule has 0 aliphatic heterocycles. The van der Waals surface area contributed by atoms with E-state index in [1.807, 2.05) is 66.0 Å². The summed E-state index contributed by atoms with van der Waals surface area (Å²) >= 11 is 1.29. The molecule has 0 fully saturated rings. The first-order valence-electron chi connectivity index (χ1n) is 10.5. The fourth-order valence-electron chi connectivity index (χ4n) is 3.78. The van der Waals surface area contributed by atoms with Crippen molar-refractivity contribution in [2.45, 2.75) is 0 Å². The molecule has 3 aromatic carbocycles. The molecule has 164 valence electrons. The van der Waals surface area contributed by atoms with Gasteiger partial charge in [0.05, 0.1) is 5.69 Å². The third-order valence-corrected chi connectivity index (χ3v) is 6.26. The minimum atomic E-state index is -0.686. The van der Waals surface area contributed by atoms with Gasteiger partial charge >= 0.3 is 5.63 Å². The Morgan fingerprint density at radius 1 is 0.794 bits per heavy atom. The highest BCUT2D eigenvalue weighted by atomic mass is 32.1. The summed E-state index contributed by atoms with van der Waals surface area (Å²) < 4.78 is 11.2. The zero-order chi connectivity index (χ0) is 23.1. The second-order valence-electron chi connectivity index (χ2n) is 7.70. The van der Waals surface area contributed by atoms with Gasteiger partial charge in [-0.2, -0.15) is 0 Å². The molecule has 3 heterocycles. The normalized spacial score (nSPS) is 11.2. The third-order valence-electron chi connectivity index (χ3n) is 5.50. The number of carbonyl (C=O) groups excluding carboxylic acids is 1. The Morgan fingerprint density at radius 2 is 1.44 bits per heavy atom. The van der Waals surface area contributed by atoms with Crippen molar-refractivity contribution in [1.29, 1.82) is 0 Å². The van der Waals surface area contributed by atoms with Crippen LogP contribution in [-0.2, 0) is 0 Å². The van der Waals surface area contributed by atoms with Gasteiger partial charge in [-0.25, -0.2) is 9.78 Å². The Kier molecular flexibility index (Phi) is 4.82. The summed E-state index contributed by atoms with van der Waals surface area (Å²) in [5.74, 6) is 0.244. The predicted molar refractivity (Wildman–Crippen MR) is 133 cm³/mol. The standard InChI is InChI=1S/C27H16N2O4S/c30-25(20-13-18-5-1-4-8-23(18)33-26(20)31)29-27-28-21(15-34-27)16-9-11-17(12-10-16)24-14-19-6-2-3-7-22(19)32-24/h1-15H,(H,28,29,30). The van der Waals surface area contributed by atoms with Crippen molar-refractivity contribution in [3.63, 3.8) is 0 Å². The molecular weight excluding hydrogens is 448 g/mol. The highest BCUT2D eigenvalue weighted by Gasteiger charge is 2.16. The summed E-state index contributed by atoms with van der Waals surface area (Å²) in [6, 6.07) is 26.4. The number of anilines is 1. The molecule has 1 N–H and O–H groups in total. The van der Waals surface area contributed by atoms with E-state index < -0.39 is 11.5 Å². The van der Waals surface area contributed by atoms with Crippen LogP contribution < -0.4 is 10.9 Å². The van der Waals surface area contributed by atoms with E-state index in [0.29, 0.717) is 16.1 Å². The maximum absolute atomic E-state index is 12.7. The molecule has 0 spiro atoms. The Labute approximate surface area is 197 Å². The molecule has 0 unspecified atom stereocenters. The molecule has 0 bridgehead atoms.